The molecule has 0 saturated carbocycles. The Bertz CT molecular complexity index is 718. The number of ether oxygens (including phenoxy) is 2. The number of benzene rings is 2. The van der Waals surface area contributed by atoms with Gasteiger partial charge in [0.2, 0.25) is 0 Å². The molecule has 112 valence electrons. The summed E-state index contributed by atoms with van der Waals surface area (Å²) in [6, 6.07) is 12.0. The van der Waals surface area contributed by atoms with Crippen molar-refractivity contribution in [2.24, 2.45) is 0 Å². The lowest BCUT2D eigenvalue weighted by Crippen LogP contribution is -2.05. The highest BCUT2D eigenvalue weighted by Crippen LogP contribution is 2.29. The molecule has 0 atom stereocenters. The average molecular weight is 306 g/mol. The van der Waals surface area contributed by atoms with Crippen molar-refractivity contribution in [2.45, 2.75) is 17.6 Å². The first kappa shape index (κ1) is 15.4. The Morgan fingerprint density at radius 2 is 1.52 bits per heavy atom. The van der Waals surface area contributed by atoms with E-state index in [2.05, 4.69) is 0 Å². The minimum absolute atomic E-state index is 0.0730. The summed E-state index contributed by atoms with van der Waals surface area (Å²) >= 11 is 0. The van der Waals surface area contributed by atoms with Crippen molar-refractivity contribution in [3.8, 4) is 11.5 Å². The van der Waals surface area contributed by atoms with Crippen molar-refractivity contribution in [1.82, 2.24) is 0 Å². The predicted octanol–water partition coefficient (Wildman–Crippen LogP) is 2.99. The van der Waals surface area contributed by atoms with Crippen LogP contribution in [-0.2, 0) is 15.6 Å². The highest BCUT2D eigenvalue weighted by molar-refractivity contribution is 7.90. The summed E-state index contributed by atoms with van der Waals surface area (Å²) in [6.07, 6.45) is 0. The van der Waals surface area contributed by atoms with Gasteiger partial charge in [0, 0.05) is 0 Å². The molecule has 0 amide bonds. The van der Waals surface area contributed by atoms with Crippen LogP contribution < -0.4 is 9.47 Å². The number of aryl methyl sites for hydroxylation is 1. The number of sulfone groups is 1. The monoisotopic (exact) mass is 306 g/mol. The minimum Gasteiger partial charge on any atom is -0.493 e. The maximum Gasteiger partial charge on any atom is 0.182 e. The summed E-state index contributed by atoms with van der Waals surface area (Å²) in [7, 11) is -0.305. The van der Waals surface area contributed by atoms with Gasteiger partial charge in [-0.1, -0.05) is 23.8 Å². The number of rotatable bonds is 5. The molecule has 0 spiro atoms. The normalized spacial score (nSPS) is 11.2. The highest BCUT2D eigenvalue weighted by atomic mass is 32.2. The smallest absolute Gasteiger partial charge is 0.182 e. The predicted molar refractivity (Wildman–Crippen MR) is 81.6 cm³/mol. The molecular formula is C16H18O4S. The first-order chi connectivity index (χ1) is 9.96. The number of hydrogen-bond donors (Lipinski definition) is 0. The van der Waals surface area contributed by atoms with Crippen molar-refractivity contribution < 1.29 is 17.9 Å². The molecule has 2 aromatic carbocycles. The van der Waals surface area contributed by atoms with Crippen molar-refractivity contribution in [2.75, 3.05) is 14.2 Å². The second kappa shape index (κ2) is 6.18. The van der Waals surface area contributed by atoms with Gasteiger partial charge in [0.15, 0.2) is 21.3 Å². The Morgan fingerprint density at radius 3 is 2.10 bits per heavy atom. The molecule has 0 aromatic heterocycles. The summed E-state index contributed by atoms with van der Waals surface area (Å²) in [5.74, 6) is 1.03. The Kier molecular flexibility index (Phi) is 4.53. The van der Waals surface area contributed by atoms with Crippen LogP contribution in [0.1, 0.15) is 11.1 Å². The highest BCUT2D eigenvalue weighted by Gasteiger charge is 2.16. The Morgan fingerprint density at radius 1 is 0.905 bits per heavy atom. The van der Waals surface area contributed by atoms with E-state index in [0.717, 1.165) is 5.56 Å². The Hall–Kier alpha value is -2.01. The quantitative estimate of drug-likeness (QED) is 0.852. The molecule has 0 aliphatic rings. The van der Waals surface area contributed by atoms with Crippen LogP contribution in [0.2, 0.25) is 0 Å². The summed E-state index contributed by atoms with van der Waals surface area (Å²) in [6.45, 7) is 1.92. The minimum atomic E-state index is -3.37. The fourth-order valence-electron chi connectivity index (χ4n) is 2.02. The van der Waals surface area contributed by atoms with E-state index < -0.39 is 9.84 Å². The first-order valence-corrected chi connectivity index (χ1v) is 8.12. The van der Waals surface area contributed by atoms with Crippen LogP contribution in [0, 0.1) is 6.92 Å². The molecule has 0 saturated heterocycles. The third-order valence-electron chi connectivity index (χ3n) is 3.18. The van der Waals surface area contributed by atoms with E-state index in [1.807, 2.05) is 6.92 Å². The fraction of sp³-hybridized carbons (Fsp3) is 0.250. The molecule has 0 heterocycles. The molecule has 4 nitrogen and oxygen atoms in total. The molecule has 2 aromatic rings. The van der Waals surface area contributed by atoms with Gasteiger partial charge < -0.3 is 9.47 Å². The zero-order chi connectivity index (χ0) is 15.5. The molecule has 21 heavy (non-hydrogen) atoms. The molecule has 0 fully saturated rings. The standard InChI is InChI=1S/C16H18O4S/c1-12-4-7-14(8-5-12)21(17,18)11-13-6-9-15(19-2)16(10-13)20-3/h4-10H,11H2,1-3H3. The lowest BCUT2D eigenvalue weighted by Gasteiger charge is -2.10. The van der Waals surface area contributed by atoms with Gasteiger partial charge in [-0.05, 0) is 36.8 Å². The van der Waals surface area contributed by atoms with Crippen LogP contribution in [0.25, 0.3) is 0 Å². The van der Waals surface area contributed by atoms with E-state index in [1.165, 1.54) is 7.11 Å². The largest absolute Gasteiger partial charge is 0.493 e. The Labute approximate surface area is 125 Å². The lowest BCUT2D eigenvalue weighted by atomic mass is 10.2. The summed E-state index contributed by atoms with van der Waals surface area (Å²) in [5.41, 5.74) is 1.69. The molecule has 0 aliphatic heterocycles. The molecule has 2 rings (SSSR count). The third-order valence-corrected chi connectivity index (χ3v) is 4.89. The van der Waals surface area contributed by atoms with Gasteiger partial charge in [-0.15, -0.1) is 0 Å². The summed E-state index contributed by atoms with van der Waals surface area (Å²) in [5, 5.41) is 0. The lowest BCUT2D eigenvalue weighted by molar-refractivity contribution is 0.354. The molecule has 0 N–H and O–H groups in total. The summed E-state index contributed by atoms with van der Waals surface area (Å²) in [4.78, 5) is 0.322. The molecule has 0 radical (unpaired) electrons. The van der Waals surface area contributed by atoms with Crippen molar-refractivity contribution in [3.63, 3.8) is 0 Å². The number of methoxy groups -OCH3 is 2. The van der Waals surface area contributed by atoms with E-state index in [0.29, 0.717) is 22.0 Å². The van der Waals surface area contributed by atoms with Crippen LogP contribution >= 0.6 is 0 Å². The van der Waals surface area contributed by atoms with Gasteiger partial charge in [-0.25, -0.2) is 8.42 Å². The maximum absolute atomic E-state index is 12.4. The van der Waals surface area contributed by atoms with Crippen LogP contribution in [0.15, 0.2) is 47.4 Å². The molecule has 0 unspecified atom stereocenters. The van der Waals surface area contributed by atoms with Crippen LogP contribution in [0.5, 0.6) is 11.5 Å². The number of hydrogen-bond acceptors (Lipinski definition) is 4. The van der Waals surface area contributed by atoms with Crippen LogP contribution in [-0.4, -0.2) is 22.6 Å². The fourth-order valence-corrected chi connectivity index (χ4v) is 3.35. The van der Waals surface area contributed by atoms with Gasteiger partial charge in [-0.2, -0.15) is 0 Å². The second-order valence-corrected chi connectivity index (χ2v) is 6.75. The van der Waals surface area contributed by atoms with E-state index in [-0.39, 0.29) is 5.75 Å². The zero-order valence-corrected chi connectivity index (χ0v) is 13.1. The van der Waals surface area contributed by atoms with Crippen LogP contribution in [0.4, 0.5) is 0 Å². The first-order valence-electron chi connectivity index (χ1n) is 6.46. The van der Waals surface area contributed by atoms with Gasteiger partial charge >= 0.3 is 0 Å². The van der Waals surface area contributed by atoms with Crippen molar-refractivity contribution in [3.05, 3.63) is 53.6 Å². The maximum atomic E-state index is 12.4. The van der Waals surface area contributed by atoms with E-state index in [4.69, 9.17) is 9.47 Å². The second-order valence-electron chi connectivity index (χ2n) is 4.76. The van der Waals surface area contributed by atoms with Crippen LogP contribution in [0.3, 0.4) is 0 Å². The van der Waals surface area contributed by atoms with Gasteiger partial charge in [-0.3, -0.25) is 0 Å². The van der Waals surface area contributed by atoms with Crippen molar-refractivity contribution in [1.29, 1.82) is 0 Å². The zero-order valence-electron chi connectivity index (χ0n) is 12.3. The Balaban J connectivity index is 2.30. The van der Waals surface area contributed by atoms with Gasteiger partial charge in [0.05, 0.1) is 24.9 Å². The summed E-state index contributed by atoms with van der Waals surface area (Å²) < 4.78 is 35.1. The topological polar surface area (TPSA) is 52.6 Å². The molecule has 0 aliphatic carbocycles. The molecule has 0 bridgehead atoms. The van der Waals surface area contributed by atoms with E-state index in [9.17, 15) is 8.42 Å². The molecular weight excluding hydrogens is 288 g/mol. The SMILES string of the molecule is COc1ccc(CS(=O)(=O)c2ccc(C)cc2)cc1OC. The van der Waals surface area contributed by atoms with Crippen molar-refractivity contribution >= 4 is 9.84 Å². The van der Waals surface area contributed by atoms with Gasteiger partial charge in [0.25, 0.3) is 0 Å². The van der Waals surface area contributed by atoms with E-state index in [1.54, 1.807) is 49.6 Å². The third kappa shape index (κ3) is 3.55. The average Bonchev–Trinajstić information content (AvgIpc) is 2.47. The van der Waals surface area contributed by atoms with Gasteiger partial charge in [0.1, 0.15) is 0 Å². The molecule has 5 heteroatoms. The van der Waals surface area contributed by atoms with E-state index >= 15 is 0 Å².